The largest absolute Gasteiger partial charge is 0.360 e. The second-order valence-electron chi connectivity index (χ2n) is 8.44. The summed E-state index contributed by atoms with van der Waals surface area (Å²) in [6, 6.07) is 15.6. The van der Waals surface area contributed by atoms with E-state index in [2.05, 4.69) is 47.4 Å². The Hall–Kier alpha value is -1.54. The molecule has 2 heteroatoms. The highest BCUT2D eigenvalue weighted by Crippen LogP contribution is 2.41. The normalized spacial score (nSPS) is 29.1. The first kappa shape index (κ1) is 14.8. The highest BCUT2D eigenvalue weighted by Gasteiger charge is 2.47. The zero-order chi connectivity index (χ0) is 16.0. The second kappa shape index (κ2) is 5.77. The number of anilines is 1. The van der Waals surface area contributed by atoms with Gasteiger partial charge in [-0.15, -0.1) is 0 Å². The molecule has 2 atom stereocenters. The molecule has 1 spiro atoms. The fourth-order valence-corrected chi connectivity index (χ4v) is 5.81. The van der Waals surface area contributed by atoms with Crippen LogP contribution in [-0.4, -0.2) is 43.8 Å². The van der Waals surface area contributed by atoms with Crippen molar-refractivity contribution in [3.63, 3.8) is 0 Å². The second-order valence-corrected chi connectivity index (χ2v) is 8.44. The van der Waals surface area contributed by atoms with E-state index in [1.807, 2.05) is 0 Å². The number of piperazine rings is 1. The zero-order valence-corrected chi connectivity index (χ0v) is 14.7. The van der Waals surface area contributed by atoms with Crippen molar-refractivity contribution in [3.8, 4) is 0 Å². The van der Waals surface area contributed by atoms with Crippen molar-refractivity contribution in [2.45, 2.75) is 25.7 Å². The Morgan fingerprint density at radius 1 is 0.792 bits per heavy atom. The van der Waals surface area contributed by atoms with Crippen LogP contribution in [0.3, 0.4) is 0 Å². The Bertz CT molecular complexity index is 708. The number of fused-ring (bicyclic) bond motifs is 2. The van der Waals surface area contributed by atoms with Crippen LogP contribution in [0.1, 0.15) is 25.7 Å². The monoisotopic (exact) mass is 321 g/mol. The lowest BCUT2D eigenvalue weighted by atomic mass is 9.82. The first-order chi connectivity index (χ1) is 11.8. The van der Waals surface area contributed by atoms with Gasteiger partial charge in [0, 0.05) is 22.9 Å². The van der Waals surface area contributed by atoms with Gasteiger partial charge >= 0.3 is 0 Å². The molecule has 0 bridgehead atoms. The third-order valence-electron chi connectivity index (χ3n) is 7.11. The predicted molar refractivity (Wildman–Crippen MR) is 101 cm³/mol. The Balaban J connectivity index is 1.35. The number of benzene rings is 2. The molecule has 3 fully saturated rings. The SMILES string of the molecule is c1ccc2c(N3CC[N+]4(CC3)CC3CCCCC3C4)cccc2c1. The van der Waals surface area contributed by atoms with Gasteiger partial charge in [-0.2, -0.15) is 0 Å². The van der Waals surface area contributed by atoms with Gasteiger partial charge in [-0.05, 0) is 24.3 Å². The molecule has 0 radical (unpaired) electrons. The fourth-order valence-electron chi connectivity index (χ4n) is 5.81. The molecule has 2 aromatic rings. The molecule has 2 aliphatic heterocycles. The molecule has 1 saturated carbocycles. The van der Waals surface area contributed by atoms with Crippen LogP contribution in [0.25, 0.3) is 10.8 Å². The summed E-state index contributed by atoms with van der Waals surface area (Å²) in [6.45, 7) is 8.13. The summed E-state index contributed by atoms with van der Waals surface area (Å²) < 4.78 is 1.43. The Morgan fingerprint density at radius 3 is 2.21 bits per heavy atom. The molecule has 3 aliphatic rings. The van der Waals surface area contributed by atoms with E-state index in [4.69, 9.17) is 0 Å². The predicted octanol–water partition coefficient (Wildman–Crippen LogP) is 4.30. The lowest BCUT2D eigenvalue weighted by molar-refractivity contribution is -0.919. The molecule has 24 heavy (non-hydrogen) atoms. The van der Waals surface area contributed by atoms with Gasteiger partial charge in [0.05, 0.1) is 39.3 Å². The molecule has 2 nitrogen and oxygen atoms in total. The molecule has 1 aliphatic carbocycles. The van der Waals surface area contributed by atoms with Crippen LogP contribution in [0, 0.1) is 11.8 Å². The molecule has 126 valence electrons. The maximum atomic E-state index is 2.65. The van der Waals surface area contributed by atoms with Crippen molar-refractivity contribution in [3.05, 3.63) is 42.5 Å². The maximum absolute atomic E-state index is 2.65. The first-order valence-electron chi connectivity index (χ1n) is 9.91. The fraction of sp³-hybridized carbons (Fsp3) is 0.545. The quantitative estimate of drug-likeness (QED) is 0.708. The van der Waals surface area contributed by atoms with Gasteiger partial charge in [0.2, 0.25) is 0 Å². The van der Waals surface area contributed by atoms with Crippen LogP contribution in [0.2, 0.25) is 0 Å². The van der Waals surface area contributed by atoms with Crippen molar-refractivity contribution >= 4 is 16.5 Å². The summed E-state index contributed by atoms with van der Waals surface area (Å²) >= 11 is 0. The molecule has 0 amide bonds. The number of quaternary nitrogens is 1. The molecular weight excluding hydrogens is 292 g/mol. The lowest BCUT2D eigenvalue weighted by Crippen LogP contribution is -2.58. The number of nitrogens with zero attached hydrogens (tertiary/aromatic N) is 2. The van der Waals surface area contributed by atoms with E-state index >= 15 is 0 Å². The summed E-state index contributed by atoms with van der Waals surface area (Å²) in [5, 5.41) is 2.79. The van der Waals surface area contributed by atoms with Crippen LogP contribution in [0.4, 0.5) is 5.69 Å². The minimum Gasteiger partial charge on any atom is -0.360 e. The Labute approximate surface area is 145 Å². The van der Waals surface area contributed by atoms with Crippen LogP contribution in [0.5, 0.6) is 0 Å². The van der Waals surface area contributed by atoms with Crippen LogP contribution >= 0.6 is 0 Å². The van der Waals surface area contributed by atoms with E-state index in [-0.39, 0.29) is 0 Å². The van der Waals surface area contributed by atoms with Gasteiger partial charge in [0.15, 0.2) is 0 Å². The first-order valence-corrected chi connectivity index (χ1v) is 9.91. The van der Waals surface area contributed by atoms with Gasteiger partial charge in [0.1, 0.15) is 0 Å². The molecular formula is C22H29N2+. The van der Waals surface area contributed by atoms with Crippen LogP contribution in [-0.2, 0) is 0 Å². The summed E-state index contributed by atoms with van der Waals surface area (Å²) in [7, 11) is 0. The third kappa shape index (κ3) is 2.43. The van der Waals surface area contributed by atoms with E-state index in [1.54, 1.807) is 0 Å². The minimum absolute atomic E-state index is 1.04. The standard InChI is InChI=1S/C22H29N2/c1-2-8-20-17-24(16-19(20)7-1)14-12-23(13-15-24)22-11-5-9-18-6-3-4-10-21(18)22/h3-6,9-11,19-20H,1-2,7-8,12-17H2/q+1. The van der Waals surface area contributed by atoms with Crippen molar-refractivity contribution in [1.29, 1.82) is 0 Å². The molecule has 2 unspecified atom stereocenters. The van der Waals surface area contributed by atoms with Gasteiger partial charge in [-0.25, -0.2) is 0 Å². The van der Waals surface area contributed by atoms with Crippen molar-refractivity contribution in [1.82, 2.24) is 0 Å². The van der Waals surface area contributed by atoms with E-state index in [9.17, 15) is 0 Å². The smallest absolute Gasteiger partial charge is 0.0965 e. The molecule has 0 N–H and O–H groups in total. The number of hydrogen-bond donors (Lipinski definition) is 0. The molecule has 0 aromatic heterocycles. The summed E-state index contributed by atoms with van der Waals surface area (Å²) in [5.41, 5.74) is 1.45. The van der Waals surface area contributed by atoms with E-state index in [1.165, 1.54) is 85.9 Å². The molecule has 2 saturated heterocycles. The minimum atomic E-state index is 1.04. The molecule has 2 heterocycles. The number of rotatable bonds is 1. The summed E-state index contributed by atoms with van der Waals surface area (Å²) in [4.78, 5) is 2.65. The van der Waals surface area contributed by atoms with Gasteiger partial charge in [-0.1, -0.05) is 49.2 Å². The van der Waals surface area contributed by atoms with Crippen LogP contribution in [0.15, 0.2) is 42.5 Å². The third-order valence-corrected chi connectivity index (χ3v) is 7.11. The van der Waals surface area contributed by atoms with Crippen molar-refractivity contribution in [2.24, 2.45) is 11.8 Å². The number of hydrogen-bond acceptors (Lipinski definition) is 1. The van der Waals surface area contributed by atoms with E-state index < -0.39 is 0 Å². The van der Waals surface area contributed by atoms with Crippen molar-refractivity contribution < 1.29 is 4.48 Å². The molecule has 2 aromatic carbocycles. The van der Waals surface area contributed by atoms with Crippen molar-refractivity contribution in [2.75, 3.05) is 44.2 Å². The van der Waals surface area contributed by atoms with Gasteiger partial charge < -0.3 is 9.38 Å². The van der Waals surface area contributed by atoms with Crippen LogP contribution < -0.4 is 4.90 Å². The van der Waals surface area contributed by atoms with Gasteiger partial charge in [0.25, 0.3) is 0 Å². The average Bonchev–Trinajstić information content (AvgIpc) is 2.99. The Morgan fingerprint density at radius 2 is 1.46 bits per heavy atom. The highest BCUT2D eigenvalue weighted by atomic mass is 15.4. The lowest BCUT2D eigenvalue weighted by Gasteiger charge is -2.43. The van der Waals surface area contributed by atoms with E-state index in [0.717, 1.165) is 11.8 Å². The topological polar surface area (TPSA) is 3.24 Å². The summed E-state index contributed by atoms with van der Waals surface area (Å²) in [6.07, 6.45) is 6.00. The average molecular weight is 321 g/mol. The summed E-state index contributed by atoms with van der Waals surface area (Å²) in [5.74, 6) is 2.09. The zero-order valence-electron chi connectivity index (χ0n) is 14.7. The maximum Gasteiger partial charge on any atom is 0.0965 e. The highest BCUT2D eigenvalue weighted by molar-refractivity contribution is 5.94. The van der Waals surface area contributed by atoms with E-state index in [0.29, 0.717) is 0 Å². The molecule has 5 rings (SSSR count). The Kier molecular flexibility index (Phi) is 3.55. The van der Waals surface area contributed by atoms with Gasteiger partial charge in [-0.3, -0.25) is 0 Å².